The molecule has 0 atom stereocenters. The Morgan fingerprint density at radius 2 is 2.14 bits per heavy atom. The van der Waals surface area contributed by atoms with Crippen LogP contribution in [0, 0.1) is 0 Å². The van der Waals surface area contributed by atoms with Crippen molar-refractivity contribution in [2.45, 2.75) is 0 Å². The number of carboxylic acid groups (broad SMARTS) is 1. The van der Waals surface area contributed by atoms with Crippen molar-refractivity contribution >= 4 is 17.9 Å². The summed E-state index contributed by atoms with van der Waals surface area (Å²) in [6.07, 6.45) is 1.51. The van der Waals surface area contributed by atoms with E-state index < -0.39 is 5.97 Å². The number of hydrazone groups is 1. The Hall–Kier alpha value is -3.02. The van der Waals surface area contributed by atoms with Gasteiger partial charge in [0.25, 0.3) is 0 Å². The van der Waals surface area contributed by atoms with E-state index in [1.807, 2.05) is 0 Å². The van der Waals surface area contributed by atoms with Crippen LogP contribution < -0.4 is 15.3 Å². The smallest absolute Gasteiger partial charge is 0.335 e. The number of methoxy groups -OCH3 is 1. The van der Waals surface area contributed by atoms with Crippen molar-refractivity contribution < 1.29 is 19.7 Å². The highest BCUT2D eigenvalue weighted by Gasteiger charge is 2.02. The molecule has 0 saturated heterocycles. The first-order valence-corrected chi connectivity index (χ1v) is 6.07. The molecule has 108 valence electrons. The van der Waals surface area contributed by atoms with Crippen molar-refractivity contribution in [2.75, 3.05) is 12.5 Å². The molecular weight excluding hydrogens is 272 g/mol. The lowest BCUT2D eigenvalue weighted by Gasteiger charge is -2.11. The quantitative estimate of drug-likeness (QED) is 0.646. The lowest BCUT2D eigenvalue weighted by atomic mass is 10.2. The van der Waals surface area contributed by atoms with E-state index in [9.17, 15) is 9.90 Å². The minimum Gasteiger partial charge on any atom is -0.870 e. The van der Waals surface area contributed by atoms with Crippen LogP contribution in [0.3, 0.4) is 0 Å². The number of anilines is 1. The van der Waals surface area contributed by atoms with Gasteiger partial charge in [0.15, 0.2) is 0 Å². The van der Waals surface area contributed by atoms with Crippen LogP contribution in [0.4, 0.5) is 5.69 Å². The summed E-state index contributed by atoms with van der Waals surface area (Å²) in [6.45, 7) is 0. The van der Waals surface area contributed by atoms with E-state index in [2.05, 4.69) is 10.5 Å². The molecule has 0 aromatic heterocycles. The predicted molar refractivity (Wildman–Crippen MR) is 77.1 cm³/mol. The van der Waals surface area contributed by atoms with Crippen molar-refractivity contribution in [3.8, 4) is 11.5 Å². The van der Waals surface area contributed by atoms with E-state index in [-0.39, 0.29) is 17.1 Å². The Morgan fingerprint density at radius 1 is 1.33 bits per heavy atom. The molecule has 0 heterocycles. The number of hydrogen-bond acceptors (Lipinski definition) is 5. The van der Waals surface area contributed by atoms with Gasteiger partial charge in [-0.3, -0.25) is 5.43 Å². The predicted octanol–water partition coefficient (Wildman–Crippen LogP) is 1.91. The molecule has 0 unspecified atom stereocenters. The molecule has 21 heavy (non-hydrogen) atoms. The van der Waals surface area contributed by atoms with Gasteiger partial charge in [-0.05, 0) is 29.8 Å². The van der Waals surface area contributed by atoms with Crippen LogP contribution in [-0.4, -0.2) is 24.4 Å². The first-order chi connectivity index (χ1) is 10.1. The zero-order chi connectivity index (χ0) is 15.2. The minimum absolute atomic E-state index is 0.174. The Morgan fingerprint density at radius 3 is 2.86 bits per heavy atom. The maximum absolute atomic E-state index is 11.4. The third-order valence-corrected chi connectivity index (χ3v) is 2.70. The highest BCUT2D eigenvalue weighted by atomic mass is 16.5. The normalized spacial score (nSPS) is 10.5. The second-order valence-corrected chi connectivity index (χ2v) is 4.17. The summed E-state index contributed by atoms with van der Waals surface area (Å²) >= 11 is 0. The van der Waals surface area contributed by atoms with E-state index in [0.29, 0.717) is 11.3 Å². The van der Waals surface area contributed by atoms with Crippen molar-refractivity contribution in [1.29, 1.82) is 0 Å². The van der Waals surface area contributed by atoms with Gasteiger partial charge in [-0.1, -0.05) is 23.9 Å². The number of nitrogens with zero attached hydrogens (tertiary/aromatic N) is 1. The first-order valence-electron chi connectivity index (χ1n) is 6.07. The van der Waals surface area contributed by atoms with Gasteiger partial charge in [0, 0.05) is 0 Å². The van der Waals surface area contributed by atoms with Gasteiger partial charge in [0.05, 0.1) is 24.6 Å². The highest BCUT2D eigenvalue weighted by Crippen LogP contribution is 2.22. The summed E-state index contributed by atoms with van der Waals surface area (Å²) in [4.78, 5) is 10.8. The van der Waals surface area contributed by atoms with E-state index in [0.717, 1.165) is 0 Å². The fourth-order valence-corrected chi connectivity index (χ4v) is 1.67. The van der Waals surface area contributed by atoms with Gasteiger partial charge in [-0.2, -0.15) is 5.10 Å². The molecule has 2 aromatic carbocycles. The Labute approximate surface area is 121 Å². The lowest BCUT2D eigenvalue weighted by molar-refractivity contribution is -0.270. The van der Waals surface area contributed by atoms with E-state index >= 15 is 0 Å². The summed E-state index contributed by atoms with van der Waals surface area (Å²) in [5.74, 6) is -0.956. The monoisotopic (exact) mass is 285 g/mol. The number of rotatable bonds is 5. The van der Waals surface area contributed by atoms with Crippen molar-refractivity contribution in [3.05, 3.63) is 53.6 Å². The summed E-state index contributed by atoms with van der Waals surface area (Å²) in [5.41, 5.74) is 4.14. The molecule has 0 saturated carbocycles. The van der Waals surface area contributed by atoms with Gasteiger partial charge in [-0.15, -0.1) is 0 Å². The van der Waals surface area contributed by atoms with Crippen molar-refractivity contribution in [2.24, 2.45) is 5.10 Å². The van der Waals surface area contributed by atoms with Crippen LogP contribution in [0.15, 0.2) is 47.6 Å². The van der Waals surface area contributed by atoms with E-state index in [1.165, 1.54) is 31.5 Å². The third-order valence-electron chi connectivity index (χ3n) is 2.70. The SMILES string of the molecule is COc1cc(/C=N/Nc2cccc(C(=O)O)c2)ccc1[O-]. The Balaban J connectivity index is 2.08. The lowest BCUT2D eigenvalue weighted by Crippen LogP contribution is -1.98. The molecule has 2 N–H and O–H groups in total. The molecule has 0 aliphatic rings. The maximum Gasteiger partial charge on any atom is 0.335 e. The summed E-state index contributed by atoms with van der Waals surface area (Å²) in [7, 11) is 1.42. The van der Waals surface area contributed by atoms with Crippen molar-refractivity contribution in [1.82, 2.24) is 0 Å². The number of nitrogens with one attached hydrogen (secondary N) is 1. The molecule has 0 amide bonds. The van der Waals surface area contributed by atoms with Crippen molar-refractivity contribution in [3.63, 3.8) is 0 Å². The molecule has 2 aromatic rings. The van der Waals surface area contributed by atoms with Gasteiger partial charge in [0.1, 0.15) is 5.75 Å². The summed E-state index contributed by atoms with van der Waals surface area (Å²) in [5, 5.41) is 24.2. The summed E-state index contributed by atoms with van der Waals surface area (Å²) in [6, 6.07) is 10.9. The number of benzene rings is 2. The molecular formula is C15H13N2O4-. The van der Waals surface area contributed by atoms with Crippen LogP contribution in [0.5, 0.6) is 11.5 Å². The molecule has 6 heteroatoms. The van der Waals surface area contributed by atoms with Crippen LogP contribution in [0.2, 0.25) is 0 Å². The fourth-order valence-electron chi connectivity index (χ4n) is 1.67. The number of carbonyl (C=O) groups is 1. The number of hydrogen-bond donors (Lipinski definition) is 2. The first kappa shape index (κ1) is 14.4. The zero-order valence-electron chi connectivity index (χ0n) is 11.2. The fraction of sp³-hybridized carbons (Fsp3) is 0.0667. The maximum atomic E-state index is 11.4. The molecule has 0 bridgehead atoms. The van der Waals surface area contributed by atoms with Gasteiger partial charge in [0.2, 0.25) is 0 Å². The number of aromatic carboxylic acids is 1. The van der Waals surface area contributed by atoms with Gasteiger partial charge >= 0.3 is 5.97 Å². The Bertz CT molecular complexity index is 683. The zero-order valence-corrected chi connectivity index (χ0v) is 11.2. The molecule has 0 aliphatic heterocycles. The average Bonchev–Trinajstić information content (AvgIpc) is 2.49. The van der Waals surface area contributed by atoms with Crippen LogP contribution in [0.25, 0.3) is 0 Å². The molecule has 0 spiro atoms. The van der Waals surface area contributed by atoms with Crippen LogP contribution in [-0.2, 0) is 0 Å². The minimum atomic E-state index is -1.00. The number of carboxylic acids is 1. The molecule has 0 radical (unpaired) electrons. The number of ether oxygens (including phenoxy) is 1. The molecule has 0 aliphatic carbocycles. The van der Waals surface area contributed by atoms with Crippen LogP contribution >= 0.6 is 0 Å². The largest absolute Gasteiger partial charge is 0.870 e. The van der Waals surface area contributed by atoms with Crippen LogP contribution in [0.1, 0.15) is 15.9 Å². The second kappa shape index (κ2) is 6.42. The Kier molecular flexibility index (Phi) is 4.40. The second-order valence-electron chi connectivity index (χ2n) is 4.17. The molecule has 6 nitrogen and oxygen atoms in total. The van der Waals surface area contributed by atoms with E-state index in [4.69, 9.17) is 9.84 Å². The molecule has 0 fully saturated rings. The van der Waals surface area contributed by atoms with Gasteiger partial charge < -0.3 is 14.9 Å². The average molecular weight is 285 g/mol. The third kappa shape index (κ3) is 3.73. The topological polar surface area (TPSA) is 94.0 Å². The molecule has 2 rings (SSSR count). The summed E-state index contributed by atoms with van der Waals surface area (Å²) < 4.78 is 4.93. The van der Waals surface area contributed by atoms with E-state index in [1.54, 1.807) is 24.3 Å². The standard InChI is InChI=1S/C15H14N2O4/c1-21-14-7-10(5-6-13(14)18)9-16-17-12-4-2-3-11(8-12)15(19)20/h2-9,17-18H,1H3,(H,19,20)/p-1/b16-9+. The highest BCUT2D eigenvalue weighted by molar-refractivity contribution is 5.89. The van der Waals surface area contributed by atoms with Gasteiger partial charge in [-0.25, -0.2) is 4.79 Å².